The van der Waals surface area contributed by atoms with Crippen LogP contribution >= 0.6 is 0 Å². The first-order valence-electron chi connectivity index (χ1n) is 9.16. The number of hydrogen-bond donors (Lipinski definition) is 2. The van der Waals surface area contributed by atoms with Gasteiger partial charge in [-0.05, 0) is 36.4 Å². The van der Waals surface area contributed by atoms with Crippen molar-refractivity contribution in [3.8, 4) is 5.75 Å². The Labute approximate surface area is 162 Å². The molecule has 2 amide bonds. The Balaban J connectivity index is 1.61. The Bertz CT molecular complexity index is 1060. The van der Waals surface area contributed by atoms with E-state index < -0.39 is 5.41 Å². The minimum Gasteiger partial charge on any atom is -0.490 e. The van der Waals surface area contributed by atoms with Crippen LogP contribution in [0.3, 0.4) is 0 Å². The highest BCUT2D eigenvalue weighted by atomic mass is 16.5. The first-order valence-corrected chi connectivity index (χ1v) is 9.16. The average Bonchev–Trinajstić information content (AvgIpc) is 3.14. The lowest BCUT2D eigenvalue weighted by molar-refractivity contribution is -0.126. The molecule has 7 heteroatoms. The Kier molecular flexibility index (Phi) is 4.30. The molecule has 0 bridgehead atoms. The molecule has 0 saturated heterocycles. The van der Waals surface area contributed by atoms with Crippen molar-refractivity contribution in [3.63, 3.8) is 0 Å². The smallest absolute Gasteiger partial charge is 0.255 e. The lowest BCUT2D eigenvalue weighted by atomic mass is 9.94. The Morgan fingerprint density at radius 3 is 2.79 bits per heavy atom. The van der Waals surface area contributed by atoms with E-state index in [1.807, 2.05) is 20.8 Å². The molecule has 0 radical (unpaired) electrons. The molecule has 2 heterocycles. The largest absolute Gasteiger partial charge is 0.490 e. The number of ether oxygens (including phenoxy) is 1. The van der Waals surface area contributed by atoms with Crippen molar-refractivity contribution in [2.75, 3.05) is 23.4 Å². The lowest BCUT2D eigenvalue weighted by Gasteiger charge is -2.34. The second-order valence-electron chi connectivity index (χ2n) is 7.83. The van der Waals surface area contributed by atoms with Crippen molar-refractivity contribution in [1.29, 1.82) is 0 Å². The number of imidazole rings is 1. The molecule has 1 aliphatic heterocycles. The van der Waals surface area contributed by atoms with E-state index in [0.717, 1.165) is 11.0 Å². The molecule has 4 rings (SSSR count). The number of rotatable bonds is 2. The highest BCUT2D eigenvalue weighted by Gasteiger charge is 2.32. The zero-order valence-corrected chi connectivity index (χ0v) is 16.1. The van der Waals surface area contributed by atoms with Crippen molar-refractivity contribution in [3.05, 3.63) is 48.3 Å². The maximum absolute atomic E-state index is 12.8. The molecule has 7 nitrogen and oxygen atoms in total. The van der Waals surface area contributed by atoms with Gasteiger partial charge in [-0.3, -0.25) is 9.59 Å². The first kappa shape index (κ1) is 18.0. The van der Waals surface area contributed by atoms with E-state index in [1.54, 1.807) is 47.6 Å². The highest BCUT2D eigenvalue weighted by molar-refractivity contribution is 6.06. The Hall–Kier alpha value is -3.35. The Morgan fingerprint density at radius 1 is 1.18 bits per heavy atom. The van der Waals surface area contributed by atoms with Crippen LogP contribution in [0.5, 0.6) is 5.75 Å². The van der Waals surface area contributed by atoms with Gasteiger partial charge in [0, 0.05) is 16.7 Å². The number of carbonyl (C=O) groups is 2. The lowest BCUT2D eigenvalue weighted by Crippen LogP contribution is -2.44. The summed E-state index contributed by atoms with van der Waals surface area (Å²) in [7, 11) is 0. The summed E-state index contributed by atoms with van der Waals surface area (Å²) < 4.78 is 5.68. The molecule has 0 aliphatic carbocycles. The van der Waals surface area contributed by atoms with Gasteiger partial charge < -0.3 is 19.9 Å². The van der Waals surface area contributed by atoms with Gasteiger partial charge in [0.1, 0.15) is 12.4 Å². The molecule has 0 atom stereocenters. The average molecular weight is 378 g/mol. The summed E-state index contributed by atoms with van der Waals surface area (Å²) in [5, 5.41) is 2.90. The van der Waals surface area contributed by atoms with Crippen molar-refractivity contribution in [1.82, 2.24) is 9.97 Å². The zero-order valence-electron chi connectivity index (χ0n) is 16.1. The summed E-state index contributed by atoms with van der Waals surface area (Å²) in [6.45, 7) is 6.60. The molecule has 2 aromatic carbocycles. The van der Waals surface area contributed by atoms with Crippen molar-refractivity contribution >= 4 is 34.2 Å². The predicted molar refractivity (Wildman–Crippen MR) is 108 cm³/mol. The molecule has 1 aliphatic rings. The van der Waals surface area contributed by atoms with E-state index in [1.165, 1.54) is 0 Å². The van der Waals surface area contributed by atoms with E-state index in [2.05, 4.69) is 15.3 Å². The molecule has 144 valence electrons. The number of H-pyrrole nitrogens is 1. The normalized spacial score (nSPS) is 13.8. The highest BCUT2D eigenvalue weighted by Crippen LogP contribution is 2.36. The van der Waals surface area contributed by atoms with Crippen LogP contribution in [0, 0.1) is 5.41 Å². The number of carbonyl (C=O) groups excluding carboxylic acids is 2. The van der Waals surface area contributed by atoms with Crippen molar-refractivity contribution in [2.24, 2.45) is 5.41 Å². The van der Waals surface area contributed by atoms with Crippen LogP contribution in [0.2, 0.25) is 0 Å². The van der Waals surface area contributed by atoms with E-state index in [9.17, 15) is 9.59 Å². The van der Waals surface area contributed by atoms with E-state index in [4.69, 9.17) is 4.74 Å². The summed E-state index contributed by atoms with van der Waals surface area (Å²) in [4.78, 5) is 34.4. The van der Waals surface area contributed by atoms with Gasteiger partial charge in [0.15, 0.2) is 0 Å². The monoisotopic (exact) mass is 378 g/mol. The first-order chi connectivity index (χ1) is 13.3. The molecule has 1 aromatic heterocycles. The third kappa shape index (κ3) is 3.31. The minimum absolute atomic E-state index is 0.0187. The van der Waals surface area contributed by atoms with Gasteiger partial charge in [-0.25, -0.2) is 4.98 Å². The molecule has 0 spiro atoms. The molecule has 28 heavy (non-hydrogen) atoms. The molecular weight excluding hydrogens is 356 g/mol. The molecule has 0 saturated carbocycles. The van der Waals surface area contributed by atoms with Crippen LogP contribution in [-0.2, 0) is 4.79 Å². The van der Waals surface area contributed by atoms with E-state index in [-0.39, 0.29) is 11.8 Å². The number of hydrogen-bond acceptors (Lipinski definition) is 4. The topological polar surface area (TPSA) is 87.3 Å². The zero-order chi connectivity index (χ0) is 19.9. The maximum atomic E-state index is 12.8. The molecule has 2 N–H and O–H groups in total. The quantitative estimate of drug-likeness (QED) is 0.713. The van der Waals surface area contributed by atoms with Gasteiger partial charge in [0.25, 0.3) is 5.91 Å². The number of anilines is 2. The van der Waals surface area contributed by atoms with Crippen molar-refractivity contribution in [2.45, 2.75) is 20.8 Å². The molecule has 0 fully saturated rings. The fourth-order valence-corrected chi connectivity index (χ4v) is 3.19. The van der Waals surface area contributed by atoms with Crippen LogP contribution in [0.15, 0.2) is 42.7 Å². The number of nitrogens with one attached hydrogen (secondary N) is 2. The van der Waals surface area contributed by atoms with Crippen LogP contribution in [0.1, 0.15) is 31.1 Å². The van der Waals surface area contributed by atoms with Gasteiger partial charge in [-0.1, -0.05) is 20.8 Å². The van der Waals surface area contributed by atoms with Gasteiger partial charge in [0.05, 0.1) is 29.6 Å². The number of fused-ring (bicyclic) bond motifs is 2. The fraction of sp³-hybridized carbons (Fsp3) is 0.286. The van der Waals surface area contributed by atoms with Gasteiger partial charge >= 0.3 is 0 Å². The van der Waals surface area contributed by atoms with Crippen LogP contribution in [0.25, 0.3) is 11.0 Å². The summed E-state index contributed by atoms with van der Waals surface area (Å²) >= 11 is 0. The standard InChI is InChI=1S/C21H22N4O3/c1-21(2,3)20(27)25-8-9-28-18-7-5-14(11-17(18)25)24-19(26)13-4-6-15-16(10-13)23-12-22-15/h4-7,10-12H,8-9H2,1-3H3,(H,22,23)(H,24,26). The van der Waals surface area contributed by atoms with Crippen molar-refractivity contribution < 1.29 is 14.3 Å². The fourth-order valence-electron chi connectivity index (χ4n) is 3.19. The SMILES string of the molecule is CC(C)(C)C(=O)N1CCOc2ccc(NC(=O)c3ccc4nc[nH]c4c3)cc21. The molecular formula is C21H22N4O3. The summed E-state index contributed by atoms with van der Waals surface area (Å²) in [6, 6.07) is 10.6. The van der Waals surface area contributed by atoms with Crippen LogP contribution in [-0.4, -0.2) is 34.9 Å². The van der Waals surface area contributed by atoms with Crippen LogP contribution < -0.4 is 15.0 Å². The third-order valence-electron chi connectivity index (χ3n) is 4.65. The molecule has 3 aromatic rings. The third-order valence-corrected chi connectivity index (χ3v) is 4.65. The number of nitrogens with zero attached hydrogens (tertiary/aromatic N) is 2. The Morgan fingerprint density at radius 2 is 2.00 bits per heavy atom. The number of amides is 2. The summed E-state index contributed by atoms with van der Waals surface area (Å²) in [5.41, 5.74) is 2.90. The van der Waals surface area contributed by atoms with E-state index >= 15 is 0 Å². The van der Waals surface area contributed by atoms with Crippen LogP contribution in [0.4, 0.5) is 11.4 Å². The molecule has 0 unspecified atom stereocenters. The number of aromatic nitrogens is 2. The maximum Gasteiger partial charge on any atom is 0.255 e. The van der Waals surface area contributed by atoms with Gasteiger partial charge in [-0.15, -0.1) is 0 Å². The summed E-state index contributed by atoms with van der Waals surface area (Å²) in [5.74, 6) is 0.424. The van der Waals surface area contributed by atoms with E-state index in [0.29, 0.717) is 35.8 Å². The summed E-state index contributed by atoms with van der Waals surface area (Å²) in [6.07, 6.45) is 1.59. The van der Waals surface area contributed by atoms with Gasteiger partial charge in [0.2, 0.25) is 5.91 Å². The second kappa shape index (κ2) is 6.67. The number of aromatic amines is 1. The number of benzene rings is 2. The minimum atomic E-state index is -0.507. The predicted octanol–water partition coefficient (Wildman–Crippen LogP) is 3.59. The second-order valence-corrected chi connectivity index (χ2v) is 7.83. The van der Waals surface area contributed by atoms with Gasteiger partial charge in [-0.2, -0.15) is 0 Å².